The van der Waals surface area contributed by atoms with Crippen molar-refractivity contribution in [3.05, 3.63) is 59.6 Å². The van der Waals surface area contributed by atoms with E-state index in [-0.39, 0.29) is 0 Å². The summed E-state index contributed by atoms with van der Waals surface area (Å²) in [5.74, 6) is 1.76. The van der Waals surface area contributed by atoms with Gasteiger partial charge < -0.3 is 4.90 Å². The molecule has 6 heteroatoms. The van der Waals surface area contributed by atoms with Crippen molar-refractivity contribution < 1.29 is 0 Å². The summed E-state index contributed by atoms with van der Waals surface area (Å²) in [6.45, 7) is 1.06. The number of hydrogen-bond donors (Lipinski definition) is 0. The van der Waals surface area contributed by atoms with E-state index < -0.39 is 0 Å². The van der Waals surface area contributed by atoms with E-state index >= 15 is 0 Å². The summed E-state index contributed by atoms with van der Waals surface area (Å²) >= 11 is 8.12. The minimum atomic E-state index is 0.677. The topological polar surface area (TPSA) is 34.0 Å². The first kappa shape index (κ1) is 18.0. The molecule has 0 amide bonds. The fourth-order valence-corrected chi connectivity index (χ4v) is 3.63. The molecule has 3 aromatic rings. The lowest BCUT2D eigenvalue weighted by Gasteiger charge is -2.12. The van der Waals surface area contributed by atoms with Crippen LogP contribution < -0.4 is 0 Å². The maximum atomic E-state index is 6.40. The highest BCUT2D eigenvalue weighted by Crippen LogP contribution is 2.31. The summed E-state index contributed by atoms with van der Waals surface area (Å²) in [6.07, 6.45) is 1.10. The highest BCUT2D eigenvalue weighted by molar-refractivity contribution is 7.99. The highest BCUT2D eigenvalue weighted by Gasteiger charge is 2.17. The first-order chi connectivity index (χ1) is 12.2. The van der Waals surface area contributed by atoms with Crippen molar-refractivity contribution >= 4 is 23.4 Å². The number of thioether (sulfide) groups is 1. The Morgan fingerprint density at radius 1 is 1.00 bits per heavy atom. The lowest BCUT2D eigenvalue weighted by Crippen LogP contribution is -2.13. The predicted molar refractivity (Wildman–Crippen MR) is 106 cm³/mol. The van der Waals surface area contributed by atoms with E-state index in [0.717, 1.165) is 41.0 Å². The van der Waals surface area contributed by atoms with Crippen molar-refractivity contribution in [2.75, 3.05) is 26.4 Å². The van der Waals surface area contributed by atoms with Crippen LogP contribution in [-0.4, -0.2) is 46.1 Å². The maximum absolute atomic E-state index is 6.40. The minimum absolute atomic E-state index is 0.677. The van der Waals surface area contributed by atoms with Gasteiger partial charge in [0, 0.05) is 17.0 Å². The van der Waals surface area contributed by atoms with Crippen LogP contribution in [0.2, 0.25) is 5.02 Å². The van der Waals surface area contributed by atoms with Crippen LogP contribution in [0.5, 0.6) is 0 Å². The average Bonchev–Trinajstić information content (AvgIpc) is 3.03. The number of hydrogen-bond acceptors (Lipinski definition) is 4. The molecule has 2 aromatic carbocycles. The van der Waals surface area contributed by atoms with E-state index in [1.54, 1.807) is 11.8 Å². The van der Waals surface area contributed by atoms with Crippen molar-refractivity contribution in [3.8, 4) is 17.1 Å². The van der Waals surface area contributed by atoms with Gasteiger partial charge in [0.25, 0.3) is 0 Å². The van der Waals surface area contributed by atoms with Gasteiger partial charge in [0.05, 0.1) is 5.02 Å². The molecule has 0 aliphatic carbocycles. The summed E-state index contributed by atoms with van der Waals surface area (Å²) in [7, 11) is 4.18. The molecule has 1 aromatic heterocycles. The monoisotopic (exact) mass is 372 g/mol. The first-order valence-electron chi connectivity index (χ1n) is 8.20. The molecule has 1 heterocycles. The molecule has 0 aliphatic rings. The van der Waals surface area contributed by atoms with Crippen molar-refractivity contribution in [2.45, 2.75) is 11.6 Å². The van der Waals surface area contributed by atoms with Crippen LogP contribution in [0.1, 0.15) is 6.42 Å². The van der Waals surface area contributed by atoms with Crippen molar-refractivity contribution in [1.82, 2.24) is 19.7 Å². The fourth-order valence-electron chi connectivity index (χ4n) is 2.53. The van der Waals surface area contributed by atoms with Gasteiger partial charge in [0.2, 0.25) is 0 Å². The summed E-state index contributed by atoms with van der Waals surface area (Å²) in [6, 6.07) is 17.9. The van der Waals surface area contributed by atoms with Crippen molar-refractivity contribution in [3.63, 3.8) is 0 Å². The molecule has 0 unspecified atom stereocenters. The Kier molecular flexibility index (Phi) is 6.13. The third kappa shape index (κ3) is 4.42. The SMILES string of the molecule is CN(C)CCCSc1nnc(-c2ccccc2Cl)n1-c1ccccc1. The van der Waals surface area contributed by atoms with Gasteiger partial charge in [-0.25, -0.2) is 0 Å². The van der Waals surface area contributed by atoms with E-state index in [0.29, 0.717) is 5.02 Å². The van der Waals surface area contributed by atoms with Gasteiger partial charge >= 0.3 is 0 Å². The van der Waals surface area contributed by atoms with Crippen LogP contribution in [0.3, 0.4) is 0 Å². The smallest absolute Gasteiger partial charge is 0.196 e. The number of nitrogens with zero attached hydrogens (tertiary/aromatic N) is 4. The second-order valence-electron chi connectivity index (χ2n) is 5.96. The van der Waals surface area contributed by atoms with Crippen LogP contribution in [0, 0.1) is 0 Å². The Morgan fingerprint density at radius 2 is 1.72 bits per heavy atom. The molecule has 0 saturated carbocycles. The zero-order valence-electron chi connectivity index (χ0n) is 14.4. The molecular formula is C19H21ClN4S. The van der Waals surface area contributed by atoms with Crippen LogP contribution in [-0.2, 0) is 0 Å². The molecule has 0 N–H and O–H groups in total. The Morgan fingerprint density at radius 3 is 2.44 bits per heavy atom. The van der Waals surface area contributed by atoms with Gasteiger partial charge in [-0.3, -0.25) is 4.57 Å². The molecule has 0 fully saturated rings. The van der Waals surface area contributed by atoms with Crippen molar-refractivity contribution in [1.29, 1.82) is 0 Å². The lowest BCUT2D eigenvalue weighted by atomic mass is 10.2. The van der Waals surface area contributed by atoms with E-state index in [9.17, 15) is 0 Å². The molecule has 4 nitrogen and oxygen atoms in total. The third-order valence-electron chi connectivity index (χ3n) is 3.74. The average molecular weight is 373 g/mol. The van der Waals surface area contributed by atoms with Gasteiger partial charge in [-0.1, -0.05) is 53.7 Å². The van der Waals surface area contributed by atoms with Crippen LogP contribution in [0.25, 0.3) is 17.1 Å². The molecule has 0 atom stereocenters. The normalized spacial score (nSPS) is 11.2. The molecule has 0 bridgehead atoms. The number of para-hydroxylation sites is 1. The fraction of sp³-hybridized carbons (Fsp3) is 0.263. The van der Waals surface area contributed by atoms with Crippen LogP contribution in [0.15, 0.2) is 59.8 Å². The number of aromatic nitrogens is 3. The lowest BCUT2D eigenvalue weighted by molar-refractivity contribution is 0.410. The second-order valence-corrected chi connectivity index (χ2v) is 7.43. The largest absolute Gasteiger partial charge is 0.309 e. The number of rotatable bonds is 7. The molecule has 0 radical (unpaired) electrons. The zero-order chi connectivity index (χ0) is 17.6. The Labute approximate surface area is 157 Å². The third-order valence-corrected chi connectivity index (χ3v) is 5.09. The first-order valence-corrected chi connectivity index (χ1v) is 9.56. The molecule has 0 spiro atoms. The summed E-state index contributed by atoms with van der Waals surface area (Å²) in [5.41, 5.74) is 1.93. The molecular weight excluding hydrogens is 352 g/mol. The van der Waals surface area contributed by atoms with Gasteiger partial charge in [-0.2, -0.15) is 0 Å². The highest BCUT2D eigenvalue weighted by atomic mass is 35.5. The predicted octanol–water partition coefficient (Wildman–Crippen LogP) is 4.63. The number of halogens is 1. The summed E-state index contributed by atoms with van der Waals surface area (Å²) < 4.78 is 2.08. The molecule has 0 aliphatic heterocycles. The molecule has 25 heavy (non-hydrogen) atoms. The van der Waals surface area contributed by atoms with Crippen LogP contribution in [0.4, 0.5) is 0 Å². The Balaban J connectivity index is 1.95. The van der Waals surface area contributed by atoms with Gasteiger partial charge in [-0.05, 0) is 51.3 Å². The van der Waals surface area contributed by atoms with Crippen molar-refractivity contribution in [2.24, 2.45) is 0 Å². The van der Waals surface area contributed by atoms with Crippen LogP contribution >= 0.6 is 23.4 Å². The minimum Gasteiger partial charge on any atom is -0.309 e. The van der Waals surface area contributed by atoms with E-state index in [1.165, 1.54) is 0 Å². The maximum Gasteiger partial charge on any atom is 0.196 e. The molecule has 0 saturated heterocycles. The molecule has 3 rings (SSSR count). The molecule has 130 valence electrons. The van der Waals surface area contributed by atoms with Gasteiger partial charge in [0.1, 0.15) is 0 Å². The zero-order valence-corrected chi connectivity index (χ0v) is 16.0. The standard InChI is InChI=1S/C19H21ClN4S/c1-23(2)13-8-14-25-19-22-21-18(16-11-6-7-12-17(16)20)24(19)15-9-4-3-5-10-15/h3-7,9-12H,8,13-14H2,1-2H3. The number of benzene rings is 2. The van der Waals surface area contributed by atoms with Gasteiger partial charge in [0.15, 0.2) is 11.0 Å². The Bertz CT molecular complexity index is 817. The Hall–Kier alpha value is -1.82. The quantitative estimate of drug-likeness (QED) is 0.447. The van der Waals surface area contributed by atoms with E-state index in [1.807, 2.05) is 42.5 Å². The van der Waals surface area contributed by atoms with E-state index in [2.05, 4.69) is 45.9 Å². The van der Waals surface area contributed by atoms with E-state index in [4.69, 9.17) is 11.6 Å². The van der Waals surface area contributed by atoms with Gasteiger partial charge in [-0.15, -0.1) is 10.2 Å². The summed E-state index contributed by atoms with van der Waals surface area (Å²) in [5, 5.41) is 10.4. The summed E-state index contributed by atoms with van der Waals surface area (Å²) in [4.78, 5) is 2.19. The second kappa shape index (κ2) is 8.52.